The van der Waals surface area contributed by atoms with E-state index < -0.39 is 15.9 Å². The first-order valence-corrected chi connectivity index (χ1v) is 9.70. The van der Waals surface area contributed by atoms with Gasteiger partial charge in [-0.2, -0.15) is 0 Å². The summed E-state index contributed by atoms with van der Waals surface area (Å²) in [6, 6.07) is 15.1. The molecular weight excluding hydrogens is 362 g/mol. The lowest BCUT2D eigenvalue weighted by Gasteiger charge is -2.27. The molecule has 1 aliphatic heterocycles. The maximum absolute atomic E-state index is 12.7. The second kappa shape index (κ2) is 7.29. The fourth-order valence-corrected chi connectivity index (χ4v) is 3.97. The Kier molecular flexibility index (Phi) is 5.11. The van der Waals surface area contributed by atoms with Crippen molar-refractivity contribution in [1.82, 2.24) is 0 Å². The van der Waals surface area contributed by atoms with Crippen molar-refractivity contribution >= 4 is 33.0 Å². The molecule has 1 amide bonds. The zero-order valence-electron chi connectivity index (χ0n) is 13.2. The zero-order valence-corrected chi connectivity index (χ0v) is 14.8. The van der Waals surface area contributed by atoms with Gasteiger partial charge in [-0.05, 0) is 42.5 Å². The van der Waals surface area contributed by atoms with Crippen LogP contribution in [0.4, 0.5) is 5.69 Å². The first-order chi connectivity index (χ1) is 11.9. The van der Waals surface area contributed by atoms with E-state index in [4.69, 9.17) is 16.3 Å². The van der Waals surface area contributed by atoms with Crippen molar-refractivity contribution in [2.24, 2.45) is 0 Å². The molecule has 0 spiro atoms. The van der Waals surface area contributed by atoms with Gasteiger partial charge < -0.3 is 9.64 Å². The predicted molar refractivity (Wildman–Crippen MR) is 97.6 cm³/mol. The molecule has 2 aromatic carbocycles. The molecule has 0 aromatic heterocycles. The minimum absolute atomic E-state index is 0.130. The normalized spacial score (nSPS) is 18.0. The van der Waals surface area contributed by atoms with Crippen LogP contribution in [-0.2, 0) is 14.6 Å². The van der Waals surface area contributed by atoms with Crippen molar-refractivity contribution in [2.75, 3.05) is 17.3 Å². The van der Waals surface area contributed by atoms with Crippen LogP contribution in [0.15, 0.2) is 66.1 Å². The Bertz CT molecular complexity index is 879. The van der Waals surface area contributed by atoms with Gasteiger partial charge in [0.1, 0.15) is 5.75 Å². The van der Waals surface area contributed by atoms with Gasteiger partial charge in [0, 0.05) is 16.1 Å². The second-order valence-corrected chi connectivity index (χ2v) is 7.93. The summed E-state index contributed by atoms with van der Waals surface area (Å²) in [6.45, 7) is -0.207. The summed E-state index contributed by atoms with van der Waals surface area (Å²) >= 11 is 5.82. The molecule has 1 aliphatic rings. The summed E-state index contributed by atoms with van der Waals surface area (Å²) < 4.78 is 29.0. The molecule has 25 heavy (non-hydrogen) atoms. The van der Waals surface area contributed by atoms with E-state index in [2.05, 4.69) is 0 Å². The van der Waals surface area contributed by atoms with Crippen LogP contribution in [0, 0.1) is 0 Å². The molecule has 0 bridgehead atoms. The van der Waals surface area contributed by atoms with Crippen LogP contribution in [0.2, 0.25) is 5.02 Å². The van der Waals surface area contributed by atoms with Gasteiger partial charge in [0.15, 0.2) is 16.4 Å². The summed E-state index contributed by atoms with van der Waals surface area (Å²) in [5, 5.41) is 1.73. The van der Waals surface area contributed by atoms with Gasteiger partial charge in [-0.3, -0.25) is 4.79 Å². The van der Waals surface area contributed by atoms with Crippen molar-refractivity contribution < 1.29 is 17.9 Å². The van der Waals surface area contributed by atoms with E-state index in [0.29, 0.717) is 16.5 Å². The molecule has 0 fully saturated rings. The number of rotatable bonds is 5. The fourth-order valence-electron chi connectivity index (χ4n) is 2.57. The third-order valence-corrected chi connectivity index (χ3v) is 5.35. The summed E-state index contributed by atoms with van der Waals surface area (Å²) in [5.41, 5.74) is 0.624. The number of sulfone groups is 1. The number of hydrogen-bond acceptors (Lipinski definition) is 4. The highest BCUT2D eigenvalue weighted by molar-refractivity contribution is 7.94. The maximum atomic E-state index is 12.7. The van der Waals surface area contributed by atoms with Crippen LogP contribution < -0.4 is 9.64 Å². The third kappa shape index (κ3) is 4.41. The summed E-state index contributed by atoms with van der Waals surface area (Å²) in [4.78, 5) is 14.2. The van der Waals surface area contributed by atoms with Crippen molar-refractivity contribution in [3.05, 3.63) is 71.1 Å². The number of halogens is 1. The van der Waals surface area contributed by atoms with Crippen molar-refractivity contribution in [1.29, 1.82) is 0 Å². The Morgan fingerprint density at radius 3 is 2.40 bits per heavy atom. The average Bonchev–Trinajstić information content (AvgIpc) is 2.95. The number of anilines is 1. The largest absolute Gasteiger partial charge is 0.484 e. The van der Waals surface area contributed by atoms with Crippen LogP contribution in [0.5, 0.6) is 5.75 Å². The van der Waals surface area contributed by atoms with Crippen LogP contribution in [0.3, 0.4) is 0 Å². The molecule has 1 heterocycles. The van der Waals surface area contributed by atoms with Gasteiger partial charge in [0.05, 0.1) is 11.8 Å². The van der Waals surface area contributed by atoms with Gasteiger partial charge in [-0.15, -0.1) is 0 Å². The summed E-state index contributed by atoms with van der Waals surface area (Å²) in [5.74, 6) is 0.0578. The van der Waals surface area contributed by atoms with Crippen LogP contribution in [0.25, 0.3) is 0 Å². The molecule has 5 nitrogen and oxygen atoms in total. The second-order valence-electron chi connectivity index (χ2n) is 5.57. The molecule has 0 N–H and O–H groups in total. The highest BCUT2D eigenvalue weighted by atomic mass is 35.5. The zero-order chi connectivity index (χ0) is 17.9. The standard InChI is InChI=1S/C18H16ClNO4S/c19-14-6-8-17(9-7-14)24-12-18(21)20(15-4-2-1-3-5-15)16-10-11-25(22,23)13-16/h1-11,16H,12-13H2/t16-/m0/s1. The SMILES string of the molecule is O=C(COc1ccc(Cl)cc1)N(c1ccccc1)[C@H]1C=CS(=O)(=O)C1. The van der Waals surface area contributed by atoms with Gasteiger partial charge in [-0.25, -0.2) is 8.42 Å². The maximum Gasteiger partial charge on any atom is 0.265 e. The van der Waals surface area contributed by atoms with E-state index in [9.17, 15) is 13.2 Å². The molecule has 0 unspecified atom stereocenters. The molecule has 3 rings (SSSR count). The number of carbonyl (C=O) groups excluding carboxylic acids is 1. The number of carbonyl (C=O) groups is 1. The lowest BCUT2D eigenvalue weighted by Crippen LogP contribution is -2.43. The molecule has 0 aliphatic carbocycles. The van der Waals surface area contributed by atoms with Crippen LogP contribution in [0.1, 0.15) is 0 Å². The monoisotopic (exact) mass is 377 g/mol. The van der Waals surface area contributed by atoms with E-state index >= 15 is 0 Å². The minimum Gasteiger partial charge on any atom is -0.484 e. The van der Waals surface area contributed by atoms with Gasteiger partial charge in [0.25, 0.3) is 5.91 Å². The number of amides is 1. The number of nitrogens with zero attached hydrogens (tertiary/aromatic N) is 1. The number of para-hydroxylation sites is 1. The van der Waals surface area contributed by atoms with E-state index in [1.54, 1.807) is 48.5 Å². The van der Waals surface area contributed by atoms with E-state index in [0.717, 1.165) is 5.41 Å². The van der Waals surface area contributed by atoms with Crippen LogP contribution in [-0.4, -0.2) is 32.7 Å². The third-order valence-electron chi connectivity index (χ3n) is 3.72. The fraction of sp³-hybridized carbons (Fsp3) is 0.167. The van der Waals surface area contributed by atoms with Crippen molar-refractivity contribution in [3.63, 3.8) is 0 Å². The number of hydrogen-bond donors (Lipinski definition) is 0. The molecule has 7 heteroatoms. The molecule has 0 saturated heterocycles. The van der Waals surface area contributed by atoms with E-state index in [1.807, 2.05) is 6.07 Å². The van der Waals surface area contributed by atoms with Crippen molar-refractivity contribution in [2.45, 2.75) is 6.04 Å². The predicted octanol–water partition coefficient (Wildman–Crippen LogP) is 3.06. The highest BCUT2D eigenvalue weighted by Gasteiger charge is 2.31. The van der Waals surface area contributed by atoms with E-state index in [1.165, 1.54) is 11.0 Å². The summed E-state index contributed by atoms with van der Waals surface area (Å²) in [6.07, 6.45) is 1.53. The lowest BCUT2D eigenvalue weighted by atomic mass is 10.2. The molecule has 0 saturated carbocycles. The molecule has 1 atom stereocenters. The Balaban J connectivity index is 1.78. The topological polar surface area (TPSA) is 63.7 Å². The number of benzene rings is 2. The van der Waals surface area contributed by atoms with Gasteiger partial charge in [-0.1, -0.05) is 29.8 Å². The Hall–Kier alpha value is -2.31. The first kappa shape index (κ1) is 17.5. The Morgan fingerprint density at radius 2 is 1.80 bits per heavy atom. The summed E-state index contributed by atoms with van der Waals surface area (Å²) in [7, 11) is -3.28. The average molecular weight is 378 g/mol. The molecule has 0 radical (unpaired) electrons. The number of ether oxygens (including phenoxy) is 1. The van der Waals surface area contributed by atoms with Gasteiger partial charge >= 0.3 is 0 Å². The first-order valence-electron chi connectivity index (χ1n) is 7.61. The lowest BCUT2D eigenvalue weighted by molar-refractivity contribution is -0.120. The van der Waals surface area contributed by atoms with E-state index in [-0.39, 0.29) is 18.3 Å². The molecule has 2 aromatic rings. The van der Waals surface area contributed by atoms with Crippen molar-refractivity contribution in [3.8, 4) is 5.75 Å². The van der Waals surface area contributed by atoms with Gasteiger partial charge in [0.2, 0.25) is 0 Å². The molecule has 130 valence electrons. The Labute approximate surface area is 151 Å². The Morgan fingerprint density at radius 1 is 1.12 bits per heavy atom. The van der Waals surface area contributed by atoms with Crippen LogP contribution >= 0.6 is 11.6 Å². The quantitative estimate of drug-likeness (QED) is 0.803. The minimum atomic E-state index is -3.28. The highest BCUT2D eigenvalue weighted by Crippen LogP contribution is 2.23. The molecular formula is C18H16ClNO4S. The smallest absolute Gasteiger partial charge is 0.265 e.